The number of ether oxygens (including phenoxy) is 1. The number of imidazole rings is 1. The average molecular weight is 385 g/mol. The van der Waals surface area contributed by atoms with Crippen molar-refractivity contribution in [3.05, 3.63) is 101 Å². The van der Waals surface area contributed by atoms with Gasteiger partial charge in [-0.1, -0.05) is 42.5 Å². The van der Waals surface area contributed by atoms with E-state index in [1.165, 1.54) is 0 Å². The van der Waals surface area contributed by atoms with Crippen LogP contribution in [0.2, 0.25) is 0 Å². The van der Waals surface area contributed by atoms with E-state index < -0.39 is 0 Å². The molecule has 4 rings (SSSR count). The zero-order valence-corrected chi connectivity index (χ0v) is 15.9. The highest BCUT2D eigenvalue weighted by molar-refractivity contribution is 5.70. The summed E-state index contributed by atoms with van der Waals surface area (Å²) >= 11 is 0. The lowest BCUT2D eigenvalue weighted by atomic mass is 9.98. The molecule has 0 aliphatic carbocycles. The predicted octanol–water partition coefficient (Wildman–Crippen LogP) is 5.18. The standard InChI is InChI=1S/C23H19N3O3/c1-29-21-9-5-8-18(14-21)23-24-12-13-25(23)16-19-10-11-20(26(27)28)15-22(19)17-6-3-2-4-7-17/h2-15H,16H2,1H3. The van der Waals surface area contributed by atoms with Gasteiger partial charge in [-0.15, -0.1) is 0 Å². The minimum Gasteiger partial charge on any atom is -0.497 e. The zero-order chi connectivity index (χ0) is 20.2. The van der Waals surface area contributed by atoms with Crippen LogP contribution in [-0.2, 0) is 6.54 Å². The SMILES string of the molecule is COc1cccc(-c2nccn2Cc2ccc([N+](=O)[O-])cc2-c2ccccc2)c1. The second-order valence-electron chi connectivity index (χ2n) is 6.58. The fourth-order valence-electron chi connectivity index (χ4n) is 3.35. The van der Waals surface area contributed by atoms with E-state index in [0.29, 0.717) is 6.54 Å². The molecule has 144 valence electrons. The van der Waals surface area contributed by atoms with Gasteiger partial charge in [0, 0.05) is 36.6 Å². The van der Waals surface area contributed by atoms with Crippen LogP contribution in [-0.4, -0.2) is 21.6 Å². The molecule has 0 amide bonds. The van der Waals surface area contributed by atoms with Crippen molar-refractivity contribution in [3.8, 4) is 28.3 Å². The molecule has 0 saturated carbocycles. The van der Waals surface area contributed by atoms with Crippen LogP contribution in [0.4, 0.5) is 5.69 Å². The van der Waals surface area contributed by atoms with E-state index in [0.717, 1.165) is 33.8 Å². The van der Waals surface area contributed by atoms with Gasteiger partial charge in [0.05, 0.1) is 12.0 Å². The first-order valence-corrected chi connectivity index (χ1v) is 9.14. The number of nitro groups is 1. The van der Waals surface area contributed by atoms with Gasteiger partial charge in [0.1, 0.15) is 11.6 Å². The highest BCUT2D eigenvalue weighted by Crippen LogP contribution is 2.30. The summed E-state index contributed by atoms with van der Waals surface area (Å²) in [6.45, 7) is 0.536. The van der Waals surface area contributed by atoms with Gasteiger partial charge in [-0.25, -0.2) is 4.98 Å². The highest BCUT2D eigenvalue weighted by Gasteiger charge is 2.14. The molecule has 4 aromatic rings. The number of hydrogen-bond donors (Lipinski definition) is 0. The van der Waals surface area contributed by atoms with Crippen molar-refractivity contribution in [2.45, 2.75) is 6.54 Å². The van der Waals surface area contributed by atoms with E-state index in [4.69, 9.17) is 4.74 Å². The molecule has 0 N–H and O–H groups in total. The largest absolute Gasteiger partial charge is 0.497 e. The average Bonchev–Trinajstić information content (AvgIpc) is 3.22. The van der Waals surface area contributed by atoms with E-state index in [1.807, 2.05) is 71.4 Å². The van der Waals surface area contributed by atoms with Crippen molar-refractivity contribution in [2.24, 2.45) is 0 Å². The highest BCUT2D eigenvalue weighted by atomic mass is 16.6. The quantitative estimate of drug-likeness (QED) is 0.339. The van der Waals surface area contributed by atoms with Gasteiger partial charge < -0.3 is 9.30 Å². The number of aromatic nitrogens is 2. The fourth-order valence-corrected chi connectivity index (χ4v) is 3.35. The Labute approximate surface area is 168 Å². The minimum absolute atomic E-state index is 0.0752. The number of benzene rings is 3. The molecule has 6 heteroatoms. The van der Waals surface area contributed by atoms with Gasteiger partial charge in [0.2, 0.25) is 0 Å². The summed E-state index contributed by atoms with van der Waals surface area (Å²) in [7, 11) is 1.63. The summed E-state index contributed by atoms with van der Waals surface area (Å²) in [6.07, 6.45) is 3.66. The molecular formula is C23H19N3O3. The van der Waals surface area contributed by atoms with Crippen molar-refractivity contribution in [2.75, 3.05) is 7.11 Å². The molecule has 0 atom stereocenters. The van der Waals surface area contributed by atoms with Gasteiger partial charge in [0.25, 0.3) is 5.69 Å². The van der Waals surface area contributed by atoms with Crippen molar-refractivity contribution in [1.29, 1.82) is 0 Å². The number of methoxy groups -OCH3 is 1. The number of nitrogens with zero attached hydrogens (tertiary/aromatic N) is 3. The normalized spacial score (nSPS) is 10.7. The first-order chi connectivity index (χ1) is 14.2. The van der Waals surface area contributed by atoms with Crippen LogP contribution >= 0.6 is 0 Å². The molecular weight excluding hydrogens is 366 g/mol. The van der Waals surface area contributed by atoms with E-state index in [1.54, 1.807) is 25.4 Å². The molecule has 1 heterocycles. The number of rotatable bonds is 6. The molecule has 0 aliphatic rings. The van der Waals surface area contributed by atoms with Crippen molar-refractivity contribution in [1.82, 2.24) is 9.55 Å². The Kier molecular flexibility index (Phi) is 5.07. The monoisotopic (exact) mass is 385 g/mol. The summed E-state index contributed by atoms with van der Waals surface area (Å²) in [6, 6.07) is 22.4. The molecule has 6 nitrogen and oxygen atoms in total. The van der Waals surface area contributed by atoms with Crippen molar-refractivity contribution in [3.63, 3.8) is 0 Å². The Balaban J connectivity index is 1.76. The molecule has 0 bridgehead atoms. The molecule has 1 aromatic heterocycles. The maximum absolute atomic E-state index is 11.3. The third kappa shape index (κ3) is 3.87. The smallest absolute Gasteiger partial charge is 0.270 e. The Morgan fingerprint density at radius 2 is 1.79 bits per heavy atom. The van der Waals surface area contributed by atoms with Gasteiger partial charge in [0.15, 0.2) is 0 Å². The van der Waals surface area contributed by atoms with Crippen LogP contribution in [0.15, 0.2) is 85.2 Å². The predicted molar refractivity (Wildman–Crippen MR) is 112 cm³/mol. The van der Waals surface area contributed by atoms with Crippen LogP contribution in [0, 0.1) is 10.1 Å². The molecule has 0 spiro atoms. The van der Waals surface area contributed by atoms with E-state index in [2.05, 4.69) is 4.98 Å². The zero-order valence-electron chi connectivity index (χ0n) is 15.9. The molecule has 0 saturated heterocycles. The Morgan fingerprint density at radius 1 is 1.00 bits per heavy atom. The second kappa shape index (κ2) is 7.98. The molecule has 0 fully saturated rings. The summed E-state index contributed by atoms with van der Waals surface area (Å²) < 4.78 is 7.35. The maximum atomic E-state index is 11.3. The van der Waals surface area contributed by atoms with Crippen LogP contribution in [0.5, 0.6) is 5.75 Å². The van der Waals surface area contributed by atoms with Crippen LogP contribution in [0.3, 0.4) is 0 Å². The molecule has 0 radical (unpaired) electrons. The third-order valence-electron chi connectivity index (χ3n) is 4.77. The number of nitro benzene ring substituents is 1. The van der Waals surface area contributed by atoms with Crippen LogP contribution in [0.1, 0.15) is 5.56 Å². The van der Waals surface area contributed by atoms with Gasteiger partial charge >= 0.3 is 0 Å². The van der Waals surface area contributed by atoms with Crippen molar-refractivity contribution < 1.29 is 9.66 Å². The molecule has 0 aliphatic heterocycles. The summed E-state index contributed by atoms with van der Waals surface area (Å²) in [4.78, 5) is 15.4. The van der Waals surface area contributed by atoms with E-state index >= 15 is 0 Å². The Morgan fingerprint density at radius 3 is 2.55 bits per heavy atom. The topological polar surface area (TPSA) is 70.2 Å². The fraction of sp³-hybridized carbons (Fsp3) is 0.0870. The number of non-ortho nitro benzene ring substituents is 1. The lowest BCUT2D eigenvalue weighted by Gasteiger charge is -2.13. The Hall–Kier alpha value is -3.93. The third-order valence-corrected chi connectivity index (χ3v) is 4.77. The Bertz CT molecular complexity index is 1150. The van der Waals surface area contributed by atoms with E-state index in [9.17, 15) is 10.1 Å². The maximum Gasteiger partial charge on any atom is 0.270 e. The first kappa shape index (κ1) is 18.4. The lowest BCUT2D eigenvalue weighted by Crippen LogP contribution is -2.03. The summed E-state index contributed by atoms with van der Waals surface area (Å²) in [5.41, 5.74) is 3.77. The van der Waals surface area contributed by atoms with Gasteiger partial charge in [-0.05, 0) is 34.9 Å². The summed E-state index contributed by atoms with van der Waals surface area (Å²) in [5, 5.41) is 11.3. The van der Waals surface area contributed by atoms with Crippen LogP contribution in [0.25, 0.3) is 22.5 Å². The molecule has 29 heavy (non-hydrogen) atoms. The van der Waals surface area contributed by atoms with Gasteiger partial charge in [-0.2, -0.15) is 0 Å². The van der Waals surface area contributed by atoms with E-state index in [-0.39, 0.29) is 10.6 Å². The van der Waals surface area contributed by atoms with Gasteiger partial charge in [-0.3, -0.25) is 10.1 Å². The molecule has 3 aromatic carbocycles. The first-order valence-electron chi connectivity index (χ1n) is 9.14. The van der Waals surface area contributed by atoms with Crippen molar-refractivity contribution >= 4 is 5.69 Å². The molecule has 0 unspecified atom stereocenters. The summed E-state index contributed by atoms with van der Waals surface area (Å²) in [5.74, 6) is 1.57. The lowest BCUT2D eigenvalue weighted by molar-refractivity contribution is -0.384. The minimum atomic E-state index is -0.366. The van der Waals surface area contributed by atoms with Crippen LogP contribution < -0.4 is 4.74 Å². The second-order valence-corrected chi connectivity index (χ2v) is 6.58. The number of hydrogen-bond acceptors (Lipinski definition) is 4.